The Kier molecular flexibility index (Phi) is 14.1. The number of aryl methyl sites for hydroxylation is 2. The first-order valence-corrected chi connectivity index (χ1v) is 18.1. The fourth-order valence-corrected chi connectivity index (χ4v) is 5.66. The second-order valence-corrected chi connectivity index (χ2v) is 13.2. The predicted octanol–water partition coefficient (Wildman–Crippen LogP) is 4.93. The van der Waals surface area contributed by atoms with Crippen molar-refractivity contribution in [3.63, 3.8) is 0 Å². The van der Waals surface area contributed by atoms with Crippen molar-refractivity contribution in [2.75, 3.05) is 11.1 Å². The number of halogens is 2. The van der Waals surface area contributed by atoms with E-state index in [1.807, 2.05) is 12.1 Å². The van der Waals surface area contributed by atoms with Gasteiger partial charge in [0, 0.05) is 50.7 Å². The molecule has 0 unspecified atom stereocenters. The van der Waals surface area contributed by atoms with E-state index in [1.54, 1.807) is 50.2 Å². The van der Waals surface area contributed by atoms with Crippen LogP contribution in [0.1, 0.15) is 67.0 Å². The number of oxime groups is 2. The Morgan fingerprint density at radius 1 is 0.830 bits per heavy atom. The summed E-state index contributed by atoms with van der Waals surface area (Å²) in [5.41, 5.74) is 6.91. The number of nitrogens with two attached hydrogens (primary N) is 1. The molecule has 0 saturated carbocycles. The van der Waals surface area contributed by atoms with Crippen LogP contribution in [0.4, 0.5) is 10.3 Å². The number of unbranched alkanes of at least 4 members (excludes halogenated alkanes) is 2. The topological polar surface area (TPSA) is 237 Å². The molecular formula is C30H32Cl2N16O3S2. The van der Waals surface area contributed by atoms with Gasteiger partial charge in [0.1, 0.15) is 0 Å². The molecule has 23 heteroatoms. The Bertz CT molecular complexity index is 2170. The number of anilines is 2. The molecule has 0 aliphatic heterocycles. The number of nitrogens with one attached hydrogen (secondary N) is 1. The van der Waals surface area contributed by atoms with E-state index in [9.17, 15) is 4.79 Å². The molecule has 0 fully saturated rings. The lowest BCUT2D eigenvalue weighted by molar-refractivity contribution is -0.116. The van der Waals surface area contributed by atoms with Gasteiger partial charge < -0.3 is 20.7 Å². The highest BCUT2D eigenvalue weighted by Crippen LogP contribution is 2.16. The molecule has 3 N–H and O–H groups in total. The van der Waals surface area contributed by atoms with Crippen molar-refractivity contribution in [2.45, 2.75) is 59.7 Å². The highest BCUT2D eigenvalue weighted by atomic mass is 35.5. The van der Waals surface area contributed by atoms with E-state index in [1.165, 1.54) is 9.36 Å². The van der Waals surface area contributed by atoms with Crippen LogP contribution in [0.3, 0.4) is 0 Å². The van der Waals surface area contributed by atoms with Crippen molar-refractivity contribution >= 4 is 74.1 Å². The molecule has 4 aromatic heterocycles. The lowest BCUT2D eigenvalue weighted by atomic mass is 10.2. The molecule has 0 spiro atoms. The minimum absolute atomic E-state index is 0.0213. The number of hydrogen-bond donors (Lipinski definition) is 2. The van der Waals surface area contributed by atoms with Gasteiger partial charge in [-0.25, -0.2) is 0 Å². The van der Waals surface area contributed by atoms with Crippen LogP contribution in [0.2, 0.25) is 10.0 Å². The molecule has 0 radical (unpaired) electrons. The molecule has 6 rings (SSSR count). The molecule has 0 aliphatic rings. The third kappa shape index (κ3) is 11.5. The molecule has 4 heterocycles. The van der Waals surface area contributed by atoms with Crippen molar-refractivity contribution in [2.24, 2.45) is 10.3 Å². The number of nitrogen functional groups attached to an aromatic ring is 1. The second kappa shape index (κ2) is 19.4. The average molecular weight is 800 g/mol. The molecule has 6 aromatic rings. The van der Waals surface area contributed by atoms with Gasteiger partial charge in [0.15, 0.2) is 41.6 Å². The molecule has 1 amide bonds. The maximum atomic E-state index is 11.9. The van der Waals surface area contributed by atoms with E-state index in [0.29, 0.717) is 72.8 Å². The van der Waals surface area contributed by atoms with Crippen LogP contribution >= 0.6 is 46.3 Å². The lowest BCUT2D eigenvalue weighted by Crippen LogP contribution is -2.17. The summed E-state index contributed by atoms with van der Waals surface area (Å²) in [7, 11) is 0. The molecule has 276 valence electrons. The number of amides is 1. The summed E-state index contributed by atoms with van der Waals surface area (Å²) < 4.78 is 11.1. The largest absolute Gasteiger partial charge is 0.386 e. The minimum atomic E-state index is -0.0671. The molecule has 0 saturated heterocycles. The minimum Gasteiger partial charge on any atom is -0.386 e. The van der Waals surface area contributed by atoms with E-state index in [-0.39, 0.29) is 19.1 Å². The van der Waals surface area contributed by atoms with Gasteiger partial charge in [-0.05, 0) is 65.4 Å². The molecule has 53 heavy (non-hydrogen) atoms. The molecule has 2 aromatic carbocycles. The summed E-state index contributed by atoms with van der Waals surface area (Å²) >= 11 is 14.3. The van der Waals surface area contributed by atoms with Crippen LogP contribution in [0.25, 0.3) is 0 Å². The van der Waals surface area contributed by atoms with Gasteiger partial charge in [-0.3, -0.25) is 4.79 Å². The fourth-order valence-electron chi connectivity index (χ4n) is 4.25. The summed E-state index contributed by atoms with van der Waals surface area (Å²) in [4.78, 5) is 30.9. The Balaban J connectivity index is 0.000000211. The smallest absolute Gasteiger partial charge is 0.226 e. The number of rotatable bonds is 13. The van der Waals surface area contributed by atoms with E-state index in [4.69, 9.17) is 38.6 Å². The number of benzene rings is 2. The predicted molar refractivity (Wildman–Crippen MR) is 198 cm³/mol. The molecular weight excluding hydrogens is 767 g/mol. The van der Waals surface area contributed by atoms with Crippen LogP contribution in [0.15, 0.2) is 58.8 Å². The Hall–Kier alpha value is -5.51. The monoisotopic (exact) mass is 798 g/mol. The van der Waals surface area contributed by atoms with Crippen molar-refractivity contribution in [1.82, 2.24) is 59.1 Å². The van der Waals surface area contributed by atoms with Gasteiger partial charge in [-0.2, -0.15) is 28.1 Å². The first-order chi connectivity index (χ1) is 25.7. The summed E-state index contributed by atoms with van der Waals surface area (Å²) in [5, 5.41) is 35.8. The van der Waals surface area contributed by atoms with Crippen LogP contribution in [-0.2, 0) is 27.7 Å². The van der Waals surface area contributed by atoms with Gasteiger partial charge in [-0.1, -0.05) is 77.5 Å². The third-order valence-corrected chi connectivity index (χ3v) is 8.43. The van der Waals surface area contributed by atoms with Crippen molar-refractivity contribution < 1.29 is 14.5 Å². The van der Waals surface area contributed by atoms with Crippen molar-refractivity contribution in [1.29, 1.82) is 0 Å². The Morgan fingerprint density at radius 3 is 1.85 bits per heavy atom. The maximum absolute atomic E-state index is 11.9. The molecule has 19 nitrogen and oxygen atoms in total. The standard InChI is InChI=1S/C18H21ClN8O2S.C12H11ClN8OS/c1-3-4-5-9-16(28)21-18-20-15(24-30-18)11-29-23-17(27-12(2)22-25-26-27)13-7-6-8-14(19)10-13;1-7-16-19-20-21(7)11(8-3-2-4-9(13)5-8)17-22-6-10-15-12(14)23-18-10/h6-8,10H,3-5,9,11H2,1-2H3,(H,20,21,24,28);2-5H,6H2,1H3,(H2,14,15,18)/b23-17+;17-11+. The molecule has 0 aliphatic carbocycles. The van der Waals surface area contributed by atoms with Crippen LogP contribution < -0.4 is 11.1 Å². The van der Waals surface area contributed by atoms with Gasteiger partial charge in [-0.15, -0.1) is 10.2 Å². The number of hydrogen-bond acceptors (Lipinski definition) is 18. The van der Waals surface area contributed by atoms with E-state index in [0.717, 1.165) is 42.3 Å². The zero-order valence-corrected chi connectivity index (χ0v) is 31.6. The summed E-state index contributed by atoms with van der Waals surface area (Å²) in [5.74, 6) is 2.67. The molecule has 0 bridgehead atoms. The van der Waals surface area contributed by atoms with E-state index in [2.05, 4.69) is 72.3 Å². The number of nitrogens with zero attached hydrogens (tertiary/aromatic N) is 14. The third-order valence-electron chi connectivity index (χ3n) is 6.71. The van der Waals surface area contributed by atoms with Crippen molar-refractivity contribution in [3.05, 3.63) is 93.0 Å². The van der Waals surface area contributed by atoms with E-state index >= 15 is 0 Å². The first kappa shape index (κ1) is 38.7. The zero-order valence-electron chi connectivity index (χ0n) is 28.5. The van der Waals surface area contributed by atoms with Gasteiger partial charge >= 0.3 is 0 Å². The highest BCUT2D eigenvalue weighted by molar-refractivity contribution is 7.10. The fraction of sp³-hybridized carbons (Fsp3) is 0.300. The number of carbonyl (C=O) groups is 1. The summed E-state index contributed by atoms with van der Waals surface area (Å²) in [6.45, 7) is 5.70. The van der Waals surface area contributed by atoms with Crippen LogP contribution in [0.5, 0.6) is 0 Å². The van der Waals surface area contributed by atoms with Crippen molar-refractivity contribution in [3.8, 4) is 0 Å². The Labute approximate surface area is 320 Å². The molecule has 0 atom stereocenters. The quantitative estimate of drug-likeness (QED) is 0.0682. The maximum Gasteiger partial charge on any atom is 0.226 e. The van der Waals surface area contributed by atoms with E-state index < -0.39 is 0 Å². The van der Waals surface area contributed by atoms with Crippen LogP contribution in [-0.4, -0.2) is 76.7 Å². The van der Waals surface area contributed by atoms with Crippen LogP contribution in [0, 0.1) is 13.8 Å². The average Bonchev–Trinajstić information content (AvgIpc) is 3.96. The summed E-state index contributed by atoms with van der Waals surface area (Å²) in [6, 6.07) is 14.2. The lowest BCUT2D eigenvalue weighted by Gasteiger charge is -2.07. The zero-order chi connectivity index (χ0) is 37.6. The highest BCUT2D eigenvalue weighted by Gasteiger charge is 2.15. The van der Waals surface area contributed by atoms with Gasteiger partial charge in [0.25, 0.3) is 0 Å². The second-order valence-electron chi connectivity index (χ2n) is 10.7. The van der Waals surface area contributed by atoms with Gasteiger partial charge in [0.05, 0.1) is 0 Å². The summed E-state index contributed by atoms with van der Waals surface area (Å²) in [6.07, 6.45) is 3.41. The Morgan fingerprint density at radius 2 is 1.38 bits per heavy atom. The normalized spacial score (nSPS) is 11.6. The first-order valence-electron chi connectivity index (χ1n) is 15.8. The number of tetrazole rings is 2. The van der Waals surface area contributed by atoms with Gasteiger partial charge in [0.2, 0.25) is 22.7 Å². The SMILES string of the molecule is CCCCCC(=O)Nc1nc(CO/N=C(\c2cccc(Cl)c2)n2nnnc2C)ns1.Cc1nnnn1/C(=N/OCc1nsc(N)n1)c1cccc(Cl)c1. The number of carbonyl (C=O) groups excluding carboxylic acids is 1. The number of aromatic nitrogens is 12.